The number of alkyl carbamates (subject to hydrolysis) is 1. The SMILES string of the molecule is CC(C)[C@H](NC(=O)OCc1ccccc1)C(=O)N[C@@H](CCCN=C(N)N)C(N)=O. The fraction of sp³-hybridized carbons (Fsp3) is 0.474. The van der Waals surface area contributed by atoms with Crippen LogP contribution in [0.15, 0.2) is 35.3 Å². The smallest absolute Gasteiger partial charge is 0.408 e. The molecule has 1 aromatic rings. The first-order valence-corrected chi connectivity index (χ1v) is 9.33. The summed E-state index contributed by atoms with van der Waals surface area (Å²) in [6.45, 7) is 3.91. The van der Waals surface area contributed by atoms with Crippen LogP contribution in [0.2, 0.25) is 0 Å². The predicted molar refractivity (Wildman–Crippen MR) is 109 cm³/mol. The second kappa shape index (κ2) is 12.2. The first-order chi connectivity index (χ1) is 13.7. The molecule has 0 saturated heterocycles. The Morgan fingerprint density at radius 2 is 1.72 bits per heavy atom. The fourth-order valence-electron chi connectivity index (χ4n) is 2.48. The summed E-state index contributed by atoms with van der Waals surface area (Å²) in [7, 11) is 0. The van der Waals surface area contributed by atoms with Crippen molar-refractivity contribution in [2.45, 2.75) is 45.4 Å². The molecule has 0 unspecified atom stereocenters. The van der Waals surface area contributed by atoms with Crippen molar-refractivity contribution in [3.8, 4) is 0 Å². The lowest BCUT2D eigenvalue weighted by Crippen LogP contribution is -2.54. The maximum atomic E-state index is 12.6. The van der Waals surface area contributed by atoms with E-state index in [0.29, 0.717) is 13.0 Å². The Morgan fingerprint density at radius 1 is 1.07 bits per heavy atom. The zero-order valence-corrected chi connectivity index (χ0v) is 16.8. The monoisotopic (exact) mass is 406 g/mol. The van der Waals surface area contributed by atoms with Gasteiger partial charge in [0.25, 0.3) is 0 Å². The number of nitrogens with one attached hydrogen (secondary N) is 2. The summed E-state index contributed by atoms with van der Waals surface area (Å²) in [5.74, 6) is -1.50. The molecule has 0 heterocycles. The Morgan fingerprint density at radius 3 is 2.28 bits per heavy atom. The number of nitrogens with two attached hydrogens (primary N) is 3. The van der Waals surface area contributed by atoms with Gasteiger partial charge in [0.05, 0.1) is 0 Å². The Bertz CT molecular complexity index is 704. The largest absolute Gasteiger partial charge is 0.445 e. The van der Waals surface area contributed by atoms with Crippen LogP contribution < -0.4 is 27.8 Å². The van der Waals surface area contributed by atoms with Crippen molar-refractivity contribution >= 4 is 23.9 Å². The summed E-state index contributed by atoms with van der Waals surface area (Å²) in [6.07, 6.45) is -0.0164. The van der Waals surface area contributed by atoms with E-state index in [-0.39, 0.29) is 24.9 Å². The molecule has 0 aliphatic rings. The molecule has 0 bridgehead atoms. The average Bonchev–Trinajstić information content (AvgIpc) is 2.66. The number of guanidine groups is 1. The number of nitrogens with zero attached hydrogens (tertiary/aromatic N) is 1. The Balaban J connectivity index is 2.60. The van der Waals surface area contributed by atoms with Gasteiger partial charge in [-0.15, -0.1) is 0 Å². The molecule has 160 valence electrons. The van der Waals surface area contributed by atoms with Gasteiger partial charge in [0.15, 0.2) is 5.96 Å². The zero-order chi connectivity index (χ0) is 21.8. The first kappa shape index (κ1) is 23.7. The molecule has 3 amide bonds. The molecule has 0 spiro atoms. The summed E-state index contributed by atoms with van der Waals surface area (Å²) in [4.78, 5) is 40.1. The van der Waals surface area contributed by atoms with Crippen molar-refractivity contribution in [1.82, 2.24) is 10.6 Å². The molecule has 0 saturated carbocycles. The van der Waals surface area contributed by atoms with Crippen molar-refractivity contribution in [3.63, 3.8) is 0 Å². The van der Waals surface area contributed by atoms with Crippen molar-refractivity contribution in [1.29, 1.82) is 0 Å². The van der Waals surface area contributed by atoms with E-state index in [1.54, 1.807) is 13.8 Å². The van der Waals surface area contributed by atoms with E-state index in [9.17, 15) is 14.4 Å². The van der Waals surface area contributed by atoms with Gasteiger partial charge in [-0.3, -0.25) is 14.6 Å². The summed E-state index contributed by atoms with van der Waals surface area (Å²) < 4.78 is 5.15. The maximum absolute atomic E-state index is 12.6. The number of hydrogen-bond donors (Lipinski definition) is 5. The van der Waals surface area contributed by atoms with Gasteiger partial charge in [0.1, 0.15) is 18.7 Å². The topological polar surface area (TPSA) is 175 Å². The minimum absolute atomic E-state index is 0.0530. The van der Waals surface area contributed by atoms with Gasteiger partial charge in [-0.1, -0.05) is 44.2 Å². The van der Waals surface area contributed by atoms with E-state index in [1.807, 2.05) is 30.3 Å². The summed E-state index contributed by atoms with van der Waals surface area (Å²) in [6, 6.07) is 7.36. The molecule has 0 fully saturated rings. The van der Waals surface area contributed by atoms with Crippen molar-refractivity contribution in [2.75, 3.05) is 6.54 Å². The second-order valence-corrected chi connectivity index (χ2v) is 6.84. The molecule has 1 rings (SSSR count). The molecule has 2 atom stereocenters. The van der Waals surface area contributed by atoms with Crippen LogP contribution in [0.5, 0.6) is 0 Å². The molecule has 0 aliphatic carbocycles. The lowest BCUT2D eigenvalue weighted by atomic mass is 10.0. The minimum atomic E-state index is -0.903. The van der Waals surface area contributed by atoms with Gasteiger partial charge in [-0.2, -0.15) is 0 Å². The average molecular weight is 406 g/mol. The van der Waals surface area contributed by atoms with E-state index < -0.39 is 30.0 Å². The number of carbonyl (C=O) groups is 3. The zero-order valence-electron chi connectivity index (χ0n) is 16.8. The van der Waals surface area contributed by atoms with E-state index in [0.717, 1.165) is 5.56 Å². The first-order valence-electron chi connectivity index (χ1n) is 9.33. The molecule has 10 nitrogen and oxygen atoms in total. The van der Waals surface area contributed by atoms with Gasteiger partial charge in [0.2, 0.25) is 11.8 Å². The van der Waals surface area contributed by atoms with Crippen LogP contribution in [-0.2, 0) is 20.9 Å². The predicted octanol–water partition coefficient (Wildman–Crippen LogP) is -0.0389. The standard InChI is InChI=1S/C19H30N6O4/c1-12(2)15(25-19(28)29-11-13-7-4-3-5-8-13)17(27)24-14(16(20)26)9-6-10-23-18(21)22/h3-5,7-8,12,14-15H,6,9-11H2,1-2H3,(H2,20,26)(H,24,27)(H,25,28)(H4,21,22,23)/t14-,15-/m0/s1. The highest BCUT2D eigenvalue weighted by Gasteiger charge is 2.28. The van der Waals surface area contributed by atoms with Crippen LogP contribution in [0.4, 0.5) is 4.79 Å². The number of hydrogen-bond acceptors (Lipinski definition) is 5. The molecule has 1 aromatic carbocycles. The fourth-order valence-corrected chi connectivity index (χ4v) is 2.48. The quantitative estimate of drug-likeness (QED) is 0.196. The van der Waals surface area contributed by atoms with Gasteiger partial charge in [0, 0.05) is 6.54 Å². The minimum Gasteiger partial charge on any atom is -0.445 e. The molecule has 0 radical (unpaired) electrons. The maximum Gasteiger partial charge on any atom is 0.408 e. The van der Waals surface area contributed by atoms with Crippen LogP contribution in [0, 0.1) is 5.92 Å². The van der Waals surface area contributed by atoms with Crippen molar-refractivity contribution in [2.24, 2.45) is 28.1 Å². The van der Waals surface area contributed by atoms with Crippen LogP contribution in [0.25, 0.3) is 0 Å². The summed E-state index contributed by atoms with van der Waals surface area (Å²) in [5.41, 5.74) is 16.7. The lowest BCUT2D eigenvalue weighted by molar-refractivity contribution is -0.129. The normalized spacial score (nSPS) is 12.5. The van der Waals surface area contributed by atoms with E-state index in [2.05, 4.69) is 15.6 Å². The van der Waals surface area contributed by atoms with Crippen LogP contribution in [-0.4, -0.2) is 42.5 Å². The highest BCUT2D eigenvalue weighted by Crippen LogP contribution is 2.06. The number of primary amides is 1. The van der Waals surface area contributed by atoms with Gasteiger partial charge >= 0.3 is 6.09 Å². The number of aliphatic imine (C=N–C) groups is 1. The summed E-state index contributed by atoms with van der Waals surface area (Å²) in [5, 5.41) is 5.10. The molecular formula is C19H30N6O4. The Kier molecular flexibility index (Phi) is 10.00. The molecule has 8 N–H and O–H groups in total. The number of benzene rings is 1. The second-order valence-electron chi connectivity index (χ2n) is 6.84. The third-order valence-corrected chi connectivity index (χ3v) is 4.04. The highest BCUT2D eigenvalue weighted by molar-refractivity contribution is 5.90. The van der Waals surface area contributed by atoms with Crippen LogP contribution in [0.1, 0.15) is 32.3 Å². The Hall–Kier alpha value is -3.30. The van der Waals surface area contributed by atoms with Gasteiger partial charge in [-0.25, -0.2) is 4.79 Å². The number of rotatable bonds is 11. The third-order valence-electron chi connectivity index (χ3n) is 4.04. The van der Waals surface area contributed by atoms with E-state index in [4.69, 9.17) is 21.9 Å². The third kappa shape index (κ3) is 9.45. The Labute approximate surface area is 170 Å². The lowest BCUT2D eigenvalue weighted by Gasteiger charge is -2.24. The van der Waals surface area contributed by atoms with Crippen molar-refractivity contribution in [3.05, 3.63) is 35.9 Å². The molecule has 10 heteroatoms. The van der Waals surface area contributed by atoms with Crippen LogP contribution >= 0.6 is 0 Å². The van der Waals surface area contributed by atoms with Crippen LogP contribution in [0.3, 0.4) is 0 Å². The molecule has 0 aliphatic heterocycles. The highest BCUT2D eigenvalue weighted by atomic mass is 16.5. The summed E-state index contributed by atoms with van der Waals surface area (Å²) >= 11 is 0. The van der Waals surface area contributed by atoms with E-state index in [1.165, 1.54) is 0 Å². The van der Waals surface area contributed by atoms with Crippen molar-refractivity contribution < 1.29 is 19.1 Å². The van der Waals surface area contributed by atoms with E-state index >= 15 is 0 Å². The van der Waals surface area contributed by atoms with Gasteiger partial charge < -0.3 is 32.6 Å². The number of ether oxygens (including phenoxy) is 1. The number of amides is 3. The molecular weight excluding hydrogens is 376 g/mol. The molecule has 0 aromatic heterocycles. The number of carbonyl (C=O) groups excluding carboxylic acids is 3. The molecule has 29 heavy (non-hydrogen) atoms. The van der Waals surface area contributed by atoms with Gasteiger partial charge in [-0.05, 0) is 24.3 Å².